The molecule has 122 valence electrons. The Balaban J connectivity index is 2.52. The van der Waals surface area contributed by atoms with Crippen LogP contribution < -0.4 is 5.32 Å². The number of carboxylic acids is 1. The van der Waals surface area contributed by atoms with Crippen LogP contribution in [0, 0.1) is 18.8 Å². The number of hydrogen-bond donors (Lipinski definition) is 2. The Morgan fingerprint density at radius 2 is 1.82 bits per heavy atom. The summed E-state index contributed by atoms with van der Waals surface area (Å²) in [6.45, 7) is 8.22. The molecule has 4 nitrogen and oxygen atoms in total. The zero-order valence-corrected chi connectivity index (χ0v) is 13.9. The molecule has 0 aliphatic carbocycles. The minimum Gasteiger partial charge on any atom is -0.481 e. The number of aliphatic carboxylic acids is 1. The van der Waals surface area contributed by atoms with Crippen LogP contribution in [0.3, 0.4) is 0 Å². The van der Waals surface area contributed by atoms with E-state index in [1.54, 1.807) is 0 Å². The Hall–Kier alpha value is -1.84. The summed E-state index contributed by atoms with van der Waals surface area (Å²) in [7, 11) is 0. The number of carbonyl (C=O) groups is 2. The van der Waals surface area contributed by atoms with Gasteiger partial charge in [0.1, 0.15) is 0 Å². The van der Waals surface area contributed by atoms with E-state index in [4.69, 9.17) is 0 Å². The number of nitrogens with one attached hydrogen (secondary N) is 1. The average Bonchev–Trinajstić information content (AvgIpc) is 2.43. The van der Waals surface area contributed by atoms with Gasteiger partial charge in [-0.05, 0) is 36.3 Å². The highest BCUT2D eigenvalue weighted by molar-refractivity contribution is 5.78. The lowest BCUT2D eigenvalue weighted by Gasteiger charge is -2.17. The lowest BCUT2D eigenvalue weighted by Crippen LogP contribution is -2.34. The molecular weight excluding hydrogens is 278 g/mol. The Labute approximate surface area is 132 Å². The molecule has 0 fully saturated rings. The lowest BCUT2D eigenvalue weighted by molar-refractivity contribution is -0.142. The first-order valence-electron chi connectivity index (χ1n) is 7.86. The highest BCUT2D eigenvalue weighted by Crippen LogP contribution is 2.22. The fourth-order valence-corrected chi connectivity index (χ4v) is 2.68. The van der Waals surface area contributed by atoms with E-state index >= 15 is 0 Å². The summed E-state index contributed by atoms with van der Waals surface area (Å²) in [6, 6.07) is 8.02. The predicted octanol–water partition coefficient (Wildman–Crippen LogP) is 3.35. The first kappa shape index (κ1) is 18.2. The molecule has 22 heavy (non-hydrogen) atoms. The normalized spacial score (nSPS) is 13.7. The van der Waals surface area contributed by atoms with Crippen LogP contribution in [0.15, 0.2) is 24.3 Å². The number of amides is 1. The van der Waals surface area contributed by atoms with Crippen molar-refractivity contribution in [3.05, 3.63) is 35.4 Å². The Morgan fingerprint density at radius 1 is 1.18 bits per heavy atom. The Morgan fingerprint density at radius 3 is 2.36 bits per heavy atom. The molecule has 4 heteroatoms. The summed E-state index contributed by atoms with van der Waals surface area (Å²) in [4.78, 5) is 23.2. The van der Waals surface area contributed by atoms with Crippen molar-refractivity contribution >= 4 is 11.9 Å². The minimum absolute atomic E-state index is 0.0919. The van der Waals surface area contributed by atoms with Gasteiger partial charge in [-0.3, -0.25) is 9.59 Å². The fourth-order valence-electron chi connectivity index (χ4n) is 2.68. The quantitative estimate of drug-likeness (QED) is 0.774. The average molecular weight is 305 g/mol. The van der Waals surface area contributed by atoms with Gasteiger partial charge in [-0.25, -0.2) is 0 Å². The lowest BCUT2D eigenvalue weighted by atomic mass is 9.93. The summed E-state index contributed by atoms with van der Waals surface area (Å²) in [5, 5.41) is 11.9. The zero-order valence-electron chi connectivity index (χ0n) is 13.9. The van der Waals surface area contributed by atoms with Crippen molar-refractivity contribution < 1.29 is 14.7 Å². The summed E-state index contributed by atoms with van der Waals surface area (Å²) >= 11 is 0. The monoisotopic (exact) mass is 305 g/mol. The molecule has 2 N–H and O–H groups in total. The first-order chi connectivity index (χ1) is 10.3. The molecule has 1 rings (SSSR count). The van der Waals surface area contributed by atoms with Crippen molar-refractivity contribution in [1.29, 1.82) is 0 Å². The van der Waals surface area contributed by atoms with Gasteiger partial charge in [0.15, 0.2) is 0 Å². The van der Waals surface area contributed by atoms with Gasteiger partial charge < -0.3 is 10.4 Å². The molecule has 0 spiro atoms. The summed E-state index contributed by atoms with van der Waals surface area (Å²) in [5.74, 6) is -1.04. The molecule has 1 aromatic carbocycles. The van der Waals surface area contributed by atoms with E-state index in [-0.39, 0.29) is 18.4 Å². The SMILES string of the molecule is Cc1ccccc1C(C)CC(=O)NCC(CC(C)C)C(=O)O. The van der Waals surface area contributed by atoms with Crippen molar-refractivity contribution in [3.8, 4) is 0 Å². The maximum Gasteiger partial charge on any atom is 0.308 e. The van der Waals surface area contributed by atoms with Crippen molar-refractivity contribution in [3.63, 3.8) is 0 Å². The molecular formula is C18H27NO3. The molecule has 0 radical (unpaired) electrons. The van der Waals surface area contributed by atoms with Crippen LogP contribution in [-0.4, -0.2) is 23.5 Å². The van der Waals surface area contributed by atoms with Crippen molar-refractivity contribution in [1.82, 2.24) is 5.32 Å². The molecule has 0 heterocycles. The van der Waals surface area contributed by atoms with E-state index in [1.165, 1.54) is 5.56 Å². The standard InChI is InChI=1S/C18H27NO3/c1-12(2)9-15(18(21)22)11-19-17(20)10-14(4)16-8-6-5-7-13(16)3/h5-8,12,14-15H,9-11H2,1-4H3,(H,19,20)(H,21,22). The van der Waals surface area contributed by atoms with Gasteiger partial charge in [-0.1, -0.05) is 45.0 Å². The van der Waals surface area contributed by atoms with Crippen LogP contribution in [-0.2, 0) is 9.59 Å². The molecule has 1 amide bonds. The first-order valence-corrected chi connectivity index (χ1v) is 7.86. The van der Waals surface area contributed by atoms with E-state index in [2.05, 4.69) is 5.32 Å². The highest BCUT2D eigenvalue weighted by atomic mass is 16.4. The third-order valence-electron chi connectivity index (χ3n) is 3.86. The maximum absolute atomic E-state index is 12.0. The maximum atomic E-state index is 12.0. The minimum atomic E-state index is -0.846. The van der Waals surface area contributed by atoms with Gasteiger partial charge in [-0.2, -0.15) is 0 Å². The molecule has 0 saturated carbocycles. The van der Waals surface area contributed by atoms with Gasteiger partial charge in [0.2, 0.25) is 5.91 Å². The Bertz CT molecular complexity index is 511. The van der Waals surface area contributed by atoms with E-state index in [0.717, 1.165) is 5.56 Å². The zero-order chi connectivity index (χ0) is 16.7. The van der Waals surface area contributed by atoms with Gasteiger partial charge in [0, 0.05) is 13.0 Å². The van der Waals surface area contributed by atoms with Crippen LogP contribution in [0.4, 0.5) is 0 Å². The third-order valence-corrected chi connectivity index (χ3v) is 3.86. The van der Waals surface area contributed by atoms with Gasteiger partial charge in [0.25, 0.3) is 0 Å². The molecule has 1 aromatic rings. The van der Waals surface area contributed by atoms with E-state index in [1.807, 2.05) is 52.0 Å². The topological polar surface area (TPSA) is 66.4 Å². The smallest absolute Gasteiger partial charge is 0.308 e. The Kier molecular flexibility index (Phi) is 7.09. The molecule has 0 aliphatic rings. The van der Waals surface area contributed by atoms with Gasteiger partial charge >= 0.3 is 5.97 Å². The van der Waals surface area contributed by atoms with E-state index in [9.17, 15) is 14.7 Å². The number of benzene rings is 1. The summed E-state index contributed by atoms with van der Waals surface area (Å²) in [6.07, 6.45) is 0.946. The summed E-state index contributed by atoms with van der Waals surface area (Å²) < 4.78 is 0. The highest BCUT2D eigenvalue weighted by Gasteiger charge is 2.20. The van der Waals surface area contributed by atoms with Gasteiger partial charge in [0.05, 0.1) is 5.92 Å². The second-order valence-electron chi connectivity index (χ2n) is 6.43. The van der Waals surface area contributed by atoms with Crippen LogP contribution in [0.25, 0.3) is 0 Å². The van der Waals surface area contributed by atoms with Crippen LogP contribution in [0.2, 0.25) is 0 Å². The molecule has 2 atom stereocenters. The van der Waals surface area contributed by atoms with E-state index < -0.39 is 11.9 Å². The van der Waals surface area contributed by atoms with Crippen molar-refractivity contribution in [2.24, 2.45) is 11.8 Å². The second-order valence-corrected chi connectivity index (χ2v) is 6.43. The van der Waals surface area contributed by atoms with Crippen LogP contribution in [0.1, 0.15) is 50.7 Å². The van der Waals surface area contributed by atoms with Crippen LogP contribution >= 0.6 is 0 Å². The molecule has 0 saturated heterocycles. The van der Waals surface area contributed by atoms with Crippen molar-refractivity contribution in [2.75, 3.05) is 6.54 Å². The number of rotatable bonds is 8. The van der Waals surface area contributed by atoms with E-state index in [0.29, 0.717) is 18.8 Å². The fraction of sp³-hybridized carbons (Fsp3) is 0.556. The number of hydrogen-bond acceptors (Lipinski definition) is 2. The summed E-state index contributed by atoms with van der Waals surface area (Å²) in [5.41, 5.74) is 2.33. The number of carboxylic acid groups (broad SMARTS) is 1. The molecule has 2 unspecified atom stereocenters. The second kappa shape index (κ2) is 8.57. The number of carbonyl (C=O) groups excluding carboxylic acids is 1. The van der Waals surface area contributed by atoms with Crippen molar-refractivity contribution in [2.45, 2.75) is 46.5 Å². The molecule has 0 aromatic heterocycles. The molecule has 0 aliphatic heterocycles. The van der Waals surface area contributed by atoms with Gasteiger partial charge in [-0.15, -0.1) is 0 Å². The van der Waals surface area contributed by atoms with Crippen LogP contribution in [0.5, 0.6) is 0 Å². The largest absolute Gasteiger partial charge is 0.481 e. The number of aryl methyl sites for hydroxylation is 1. The predicted molar refractivity (Wildman–Crippen MR) is 87.8 cm³/mol. The molecule has 0 bridgehead atoms. The third kappa shape index (κ3) is 5.88.